The number of nitrogens with one attached hydrogen (secondary N) is 1. The highest BCUT2D eigenvalue weighted by Gasteiger charge is 2.08. The van der Waals surface area contributed by atoms with Gasteiger partial charge < -0.3 is 10.1 Å². The van der Waals surface area contributed by atoms with Gasteiger partial charge in [-0.1, -0.05) is 28.1 Å². The van der Waals surface area contributed by atoms with Crippen molar-refractivity contribution < 1.29 is 9.53 Å². The first-order valence-electron chi connectivity index (χ1n) is 6.56. The molecule has 1 amide bonds. The first-order chi connectivity index (χ1) is 11.0. The summed E-state index contributed by atoms with van der Waals surface area (Å²) in [6.07, 6.45) is 3.05. The van der Waals surface area contributed by atoms with Gasteiger partial charge in [0.2, 0.25) is 5.91 Å². The summed E-state index contributed by atoms with van der Waals surface area (Å²) in [4.78, 5) is 12.1. The molecular formula is C17H12Br2N2O2. The molecule has 4 nitrogen and oxygen atoms in total. The summed E-state index contributed by atoms with van der Waals surface area (Å²) in [7, 11) is 1.56. The Morgan fingerprint density at radius 1 is 1.30 bits per heavy atom. The molecule has 2 aromatic carbocycles. The molecule has 0 radical (unpaired) electrons. The average Bonchev–Trinajstić information content (AvgIpc) is 2.53. The fraction of sp³-hybridized carbons (Fsp3) is 0.0588. The van der Waals surface area contributed by atoms with Gasteiger partial charge in [0.1, 0.15) is 11.8 Å². The molecule has 23 heavy (non-hydrogen) atoms. The number of carbonyl (C=O) groups excluding carboxylic acids is 1. The van der Waals surface area contributed by atoms with Gasteiger partial charge in [-0.3, -0.25) is 4.79 Å². The third-order valence-corrected chi connectivity index (χ3v) is 4.01. The predicted molar refractivity (Wildman–Crippen MR) is 97.2 cm³/mol. The van der Waals surface area contributed by atoms with Crippen molar-refractivity contribution >= 4 is 49.5 Å². The monoisotopic (exact) mass is 434 g/mol. The van der Waals surface area contributed by atoms with E-state index < -0.39 is 0 Å². The molecule has 0 saturated heterocycles. The largest absolute Gasteiger partial charge is 0.495 e. The van der Waals surface area contributed by atoms with Crippen molar-refractivity contribution in [2.45, 2.75) is 0 Å². The topological polar surface area (TPSA) is 62.1 Å². The van der Waals surface area contributed by atoms with Gasteiger partial charge in [0, 0.05) is 16.1 Å². The summed E-state index contributed by atoms with van der Waals surface area (Å²) in [6, 6.07) is 12.6. The lowest BCUT2D eigenvalue weighted by molar-refractivity contribution is -0.111. The van der Waals surface area contributed by atoms with Gasteiger partial charge in [-0.15, -0.1) is 0 Å². The van der Waals surface area contributed by atoms with Crippen molar-refractivity contribution in [3.8, 4) is 11.8 Å². The van der Waals surface area contributed by atoms with E-state index in [1.54, 1.807) is 37.5 Å². The molecule has 116 valence electrons. The van der Waals surface area contributed by atoms with Crippen LogP contribution in [0.1, 0.15) is 11.1 Å². The number of nitriles is 1. The molecule has 0 fully saturated rings. The van der Waals surface area contributed by atoms with Crippen molar-refractivity contribution in [3.63, 3.8) is 0 Å². The highest BCUT2D eigenvalue weighted by Crippen LogP contribution is 2.33. The maximum absolute atomic E-state index is 12.1. The lowest BCUT2D eigenvalue weighted by Gasteiger charge is -2.08. The molecular weight excluding hydrogens is 424 g/mol. The van der Waals surface area contributed by atoms with Crippen LogP contribution in [0.25, 0.3) is 6.08 Å². The quantitative estimate of drug-likeness (QED) is 0.705. The van der Waals surface area contributed by atoms with Crippen molar-refractivity contribution in [1.29, 1.82) is 5.26 Å². The van der Waals surface area contributed by atoms with Gasteiger partial charge in [0.25, 0.3) is 0 Å². The number of hydrogen-bond donors (Lipinski definition) is 1. The summed E-state index contributed by atoms with van der Waals surface area (Å²) >= 11 is 6.81. The number of carbonyl (C=O) groups is 1. The number of hydrogen-bond acceptors (Lipinski definition) is 3. The van der Waals surface area contributed by atoms with Gasteiger partial charge in [0.05, 0.1) is 22.8 Å². The lowest BCUT2D eigenvalue weighted by Crippen LogP contribution is -2.09. The van der Waals surface area contributed by atoms with Gasteiger partial charge in [-0.2, -0.15) is 5.26 Å². The minimum Gasteiger partial charge on any atom is -0.495 e. The van der Waals surface area contributed by atoms with Crippen LogP contribution in [-0.4, -0.2) is 13.0 Å². The Bertz CT molecular complexity index is 811. The SMILES string of the molecule is COc1c(Br)cc(Br)cc1/C=C/C(=O)Nc1ccccc1C#N. The lowest BCUT2D eigenvalue weighted by atomic mass is 10.1. The van der Waals surface area contributed by atoms with Crippen LogP contribution in [0.2, 0.25) is 0 Å². The van der Waals surface area contributed by atoms with Crippen LogP contribution in [0.15, 0.2) is 51.4 Å². The van der Waals surface area contributed by atoms with Crippen LogP contribution in [0.5, 0.6) is 5.75 Å². The Morgan fingerprint density at radius 3 is 2.74 bits per heavy atom. The standard InChI is InChI=1S/C17H12Br2N2O2/c1-23-17-11(8-13(18)9-14(17)19)6-7-16(22)21-15-5-3-2-4-12(15)10-20/h2-9H,1H3,(H,21,22)/b7-6+. The molecule has 0 heterocycles. The van der Waals surface area contributed by atoms with Gasteiger partial charge in [-0.05, 0) is 46.3 Å². The van der Waals surface area contributed by atoms with E-state index in [1.807, 2.05) is 18.2 Å². The van der Waals surface area contributed by atoms with E-state index >= 15 is 0 Å². The normalized spacial score (nSPS) is 10.3. The number of rotatable bonds is 4. The third kappa shape index (κ3) is 4.44. The van der Waals surface area contributed by atoms with Crippen LogP contribution in [0.3, 0.4) is 0 Å². The van der Waals surface area contributed by atoms with Crippen LogP contribution < -0.4 is 10.1 Å². The molecule has 0 spiro atoms. The molecule has 0 aromatic heterocycles. The minimum atomic E-state index is -0.328. The number of ether oxygens (including phenoxy) is 1. The summed E-state index contributed by atoms with van der Waals surface area (Å²) in [5.41, 5.74) is 1.64. The maximum atomic E-state index is 12.1. The molecule has 1 N–H and O–H groups in total. The zero-order valence-corrected chi connectivity index (χ0v) is 15.3. The predicted octanol–water partition coefficient (Wildman–Crippen LogP) is 4.74. The number of halogens is 2. The Balaban J connectivity index is 2.21. The summed E-state index contributed by atoms with van der Waals surface area (Å²) in [5, 5.41) is 11.7. The second-order valence-electron chi connectivity index (χ2n) is 4.49. The fourth-order valence-electron chi connectivity index (χ4n) is 1.95. The van der Waals surface area contributed by atoms with E-state index in [2.05, 4.69) is 37.2 Å². The molecule has 0 saturated carbocycles. The average molecular weight is 436 g/mol. The summed E-state index contributed by atoms with van der Waals surface area (Å²) in [5.74, 6) is 0.306. The Hall–Kier alpha value is -2.10. The highest BCUT2D eigenvalue weighted by molar-refractivity contribution is 9.11. The molecule has 0 unspecified atom stereocenters. The number of methoxy groups -OCH3 is 1. The first-order valence-corrected chi connectivity index (χ1v) is 8.15. The van der Waals surface area contributed by atoms with E-state index in [1.165, 1.54) is 6.08 Å². The first kappa shape index (κ1) is 17.3. The van der Waals surface area contributed by atoms with Crippen molar-refractivity contribution in [2.24, 2.45) is 0 Å². The molecule has 0 atom stereocenters. The van der Waals surface area contributed by atoms with E-state index in [4.69, 9.17) is 10.00 Å². The maximum Gasteiger partial charge on any atom is 0.248 e. The molecule has 0 aliphatic heterocycles. The Morgan fingerprint density at radius 2 is 2.04 bits per heavy atom. The van der Waals surface area contributed by atoms with Crippen LogP contribution >= 0.6 is 31.9 Å². The molecule has 0 aliphatic rings. The smallest absolute Gasteiger partial charge is 0.248 e. The second kappa shape index (κ2) is 7.95. The van der Waals surface area contributed by atoms with Crippen LogP contribution in [0, 0.1) is 11.3 Å². The van der Waals surface area contributed by atoms with Crippen LogP contribution in [-0.2, 0) is 4.79 Å². The van der Waals surface area contributed by atoms with E-state index in [0.29, 0.717) is 17.0 Å². The van der Waals surface area contributed by atoms with Crippen molar-refractivity contribution in [2.75, 3.05) is 12.4 Å². The zero-order chi connectivity index (χ0) is 16.8. The fourth-order valence-corrected chi connectivity index (χ4v) is 3.37. The van der Waals surface area contributed by atoms with Crippen molar-refractivity contribution in [1.82, 2.24) is 0 Å². The molecule has 0 aliphatic carbocycles. The summed E-state index contributed by atoms with van der Waals surface area (Å²) in [6.45, 7) is 0. The van der Waals surface area contributed by atoms with E-state index in [9.17, 15) is 4.79 Å². The molecule has 2 aromatic rings. The Kier molecular flexibility index (Phi) is 5.97. The molecule has 2 rings (SSSR count). The molecule has 0 bridgehead atoms. The van der Waals surface area contributed by atoms with E-state index in [0.717, 1.165) is 14.5 Å². The zero-order valence-electron chi connectivity index (χ0n) is 12.1. The minimum absolute atomic E-state index is 0.328. The Labute approximate surface area is 151 Å². The third-order valence-electron chi connectivity index (χ3n) is 2.96. The van der Waals surface area contributed by atoms with Gasteiger partial charge >= 0.3 is 0 Å². The highest BCUT2D eigenvalue weighted by atomic mass is 79.9. The second-order valence-corrected chi connectivity index (χ2v) is 6.26. The van der Waals surface area contributed by atoms with Gasteiger partial charge in [-0.25, -0.2) is 0 Å². The number of amides is 1. The number of para-hydroxylation sites is 1. The van der Waals surface area contributed by atoms with Crippen molar-refractivity contribution in [3.05, 3.63) is 62.5 Å². The summed E-state index contributed by atoms with van der Waals surface area (Å²) < 4.78 is 6.97. The number of anilines is 1. The van der Waals surface area contributed by atoms with Gasteiger partial charge in [0.15, 0.2) is 0 Å². The van der Waals surface area contributed by atoms with Crippen LogP contribution in [0.4, 0.5) is 5.69 Å². The molecule has 6 heteroatoms. The van der Waals surface area contributed by atoms with E-state index in [-0.39, 0.29) is 5.91 Å². The number of benzene rings is 2. The number of nitrogens with zero attached hydrogens (tertiary/aromatic N) is 1.